The fourth-order valence-corrected chi connectivity index (χ4v) is 2.43. The van der Waals surface area contributed by atoms with Gasteiger partial charge in [-0.2, -0.15) is 0 Å². The largest absolute Gasteiger partial charge is 0.476 e. The number of oxazole rings is 1. The maximum atomic E-state index is 10.6. The van der Waals surface area contributed by atoms with Gasteiger partial charge in [-0.3, -0.25) is 0 Å². The van der Waals surface area contributed by atoms with Crippen molar-refractivity contribution in [1.29, 1.82) is 0 Å². The minimum absolute atomic E-state index is 0.0821. The molecule has 0 aromatic carbocycles. The molecular formula is C12H10N2O3S. The van der Waals surface area contributed by atoms with Crippen molar-refractivity contribution in [2.24, 2.45) is 0 Å². The molecule has 0 saturated heterocycles. The maximum absolute atomic E-state index is 10.6. The molecule has 5 nitrogen and oxygen atoms in total. The minimum atomic E-state index is -1.09. The lowest BCUT2D eigenvalue weighted by Gasteiger charge is -1.92. The highest BCUT2D eigenvalue weighted by Crippen LogP contribution is 2.42. The molecule has 0 atom stereocenters. The number of nitrogens with zero attached hydrogens (tertiary/aromatic N) is 2. The predicted molar refractivity (Wildman–Crippen MR) is 66.5 cm³/mol. The van der Waals surface area contributed by atoms with Crippen molar-refractivity contribution in [3.63, 3.8) is 0 Å². The van der Waals surface area contributed by atoms with Crippen molar-refractivity contribution in [1.82, 2.24) is 9.97 Å². The second-order valence-corrected chi connectivity index (χ2v) is 4.97. The van der Waals surface area contributed by atoms with Crippen LogP contribution >= 0.6 is 11.3 Å². The Labute approximate surface area is 107 Å². The number of rotatable bonds is 4. The van der Waals surface area contributed by atoms with Crippen LogP contribution in [0, 0.1) is 0 Å². The lowest BCUT2D eigenvalue weighted by molar-refractivity contribution is 0.0690. The van der Waals surface area contributed by atoms with Gasteiger partial charge in [0, 0.05) is 12.0 Å². The lowest BCUT2D eigenvalue weighted by Crippen LogP contribution is -1.95. The molecule has 0 unspecified atom stereocenters. The molecule has 1 aliphatic rings. The van der Waals surface area contributed by atoms with Crippen molar-refractivity contribution < 1.29 is 14.3 Å². The third-order valence-corrected chi connectivity index (χ3v) is 3.52. The Hall–Kier alpha value is -1.95. The van der Waals surface area contributed by atoms with Crippen molar-refractivity contribution in [2.75, 3.05) is 0 Å². The van der Waals surface area contributed by atoms with Crippen LogP contribution in [0.5, 0.6) is 0 Å². The number of carbonyl (C=O) groups is 1. The van der Waals surface area contributed by atoms with Gasteiger partial charge in [-0.15, -0.1) is 11.3 Å². The van der Waals surface area contributed by atoms with E-state index >= 15 is 0 Å². The highest BCUT2D eigenvalue weighted by atomic mass is 32.1. The van der Waals surface area contributed by atoms with E-state index in [1.165, 1.54) is 12.8 Å². The zero-order valence-corrected chi connectivity index (χ0v) is 10.2. The summed E-state index contributed by atoms with van der Waals surface area (Å²) < 4.78 is 5.05. The van der Waals surface area contributed by atoms with Crippen LogP contribution in [0.15, 0.2) is 16.2 Å². The lowest BCUT2D eigenvalue weighted by atomic mass is 10.2. The topological polar surface area (TPSA) is 76.2 Å². The Morgan fingerprint density at radius 3 is 3.00 bits per heavy atom. The molecule has 2 aromatic rings. The van der Waals surface area contributed by atoms with Crippen LogP contribution in [0.4, 0.5) is 0 Å². The monoisotopic (exact) mass is 262 g/mol. The van der Waals surface area contributed by atoms with Crippen LogP contribution in [0.1, 0.15) is 45.7 Å². The zero-order valence-electron chi connectivity index (χ0n) is 9.37. The van der Waals surface area contributed by atoms with Crippen molar-refractivity contribution >= 4 is 29.5 Å². The van der Waals surface area contributed by atoms with Crippen LogP contribution in [0.25, 0.3) is 12.2 Å². The Kier molecular flexibility index (Phi) is 2.71. The molecule has 92 valence electrons. The number of hydrogen-bond donors (Lipinski definition) is 1. The summed E-state index contributed by atoms with van der Waals surface area (Å²) in [6.07, 6.45) is 7.09. The van der Waals surface area contributed by atoms with Gasteiger partial charge < -0.3 is 9.52 Å². The van der Waals surface area contributed by atoms with Crippen LogP contribution in [-0.2, 0) is 0 Å². The van der Waals surface area contributed by atoms with Gasteiger partial charge in [0.05, 0.1) is 16.1 Å². The Morgan fingerprint density at radius 2 is 2.33 bits per heavy atom. The Balaban J connectivity index is 1.79. The van der Waals surface area contributed by atoms with Gasteiger partial charge in [-0.25, -0.2) is 14.8 Å². The van der Waals surface area contributed by atoms with E-state index in [2.05, 4.69) is 9.97 Å². The molecule has 18 heavy (non-hydrogen) atoms. The molecule has 1 aliphatic carbocycles. The number of carboxylic acids is 1. The molecule has 3 rings (SSSR count). The molecule has 1 saturated carbocycles. The highest BCUT2D eigenvalue weighted by Gasteiger charge is 2.27. The fourth-order valence-electron chi connectivity index (χ4n) is 1.66. The predicted octanol–water partition coefficient (Wildman–Crippen LogP) is 2.88. The zero-order chi connectivity index (χ0) is 12.5. The molecule has 0 radical (unpaired) electrons. The highest BCUT2D eigenvalue weighted by molar-refractivity contribution is 7.10. The van der Waals surface area contributed by atoms with Crippen molar-refractivity contribution in [3.05, 3.63) is 33.9 Å². The van der Waals surface area contributed by atoms with Gasteiger partial charge in [-0.05, 0) is 18.9 Å². The van der Waals surface area contributed by atoms with Gasteiger partial charge >= 0.3 is 5.97 Å². The molecular weight excluding hydrogens is 252 g/mol. The normalized spacial score (nSPS) is 15.3. The summed E-state index contributed by atoms with van der Waals surface area (Å²) in [5.74, 6) is -0.201. The van der Waals surface area contributed by atoms with Crippen LogP contribution < -0.4 is 0 Å². The molecule has 1 N–H and O–H groups in total. The van der Waals surface area contributed by atoms with Crippen molar-refractivity contribution in [3.8, 4) is 0 Å². The molecule has 1 fully saturated rings. The maximum Gasteiger partial charge on any atom is 0.357 e. The molecule has 0 bridgehead atoms. The molecule has 0 spiro atoms. The van der Waals surface area contributed by atoms with Crippen molar-refractivity contribution in [2.45, 2.75) is 18.8 Å². The number of aromatic nitrogens is 2. The summed E-state index contributed by atoms with van der Waals surface area (Å²) in [6.45, 7) is 0. The van der Waals surface area contributed by atoms with Gasteiger partial charge in [0.15, 0.2) is 5.69 Å². The quantitative estimate of drug-likeness (QED) is 0.916. The molecule has 6 heteroatoms. The summed E-state index contributed by atoms with van der Waals surface area (Å²) in [5, 5.41) is 8.72. The summed E-state index contributed by atoms with van der Waals surface area (Å²) in [4.78, 5) is 19.9. The first-order valence-electron chi connectivity index (χ1n) is 5.54. The molecule has 0 aliphatic heterocycles. The third-order valence-electron chi connectivity index (χ3n) is 2.71. The fraction of sp³-hybridized carbons (Fsp3) is 0.250. The van der Waals surface area contributed by atoms with Gasteiger partial charge in [0.2, 0.25) is 5.89 Å². The first-order valence-corrected chi connectivity index (χ1v) is 6.42. The molecule has 2 aromatic heterocycles. The van der Waals surface area contributed by atoms with E-state index in [9.17, 15) is 4.79 Å². The van der Waals surface area contributed by atoms with E-state index in [1.807, 2.05) is 11.6 Å². The average Bonchev–Trinajstić information content (AvgIpc) is 2.92. The summed E-state index contributed by atoms with van der Waals surface area (Å²) in [6, 6.07) is 0. The van der Waals surface area contributed by atoms with Crippen LogP contribution in [0.2, 0.25) is 0 Å². The second-order valence-electron chi connectivity index (χ2n) is 4.09. The van der Waals surface area contributed by atoms with E-state index in [4.69, 9.17) is 9.52 Å². The van der Waals surface area contributed by atoms with Crippen LogP contribution in [0.3, 0.4) is 0 Å². The second kappa shape index (κ2) is 4.38. The smallest absolute Gasteiger partial charge is 0.357 e. The number of aromatic carboxylic acids is 1. The first-order chi connectivity index (χ1) is 8.74. The van der Waals surface area contributed by atoms with Gasteiger partial charge in [-0.1, -0.05) is 0 Å². The van der Waals surface area contributed by atoms with E-state index < -0.39 is 5.97 Å². The summed E-state index contributed by atoms with van der Waals surface area (Å²) >= 11 is 1.57. The SMILES string of the molecule is O=C(O)c1coc(/C=C/c2scnc2C2CC2)n1. The summed E-state index contributed by atoms with van der Waals surface area (Å²) in [5.41, 5.74) is 2.87. The number of carboxylic acid groups (broad SMARTS) is 1. The van der Waals surface area contributed by atoms with Gasteiger partial charge in [0.25, 0.3) is 0 Å². The summed E-state index contributed by atoms with van der Waals surface area (Å²) in [7, 11) is 0. The third kappa shape index (κ3) is 2.19. The van der Waals surface area contributed by atoms with E-state index in [0.29, 0.717) is 11.8 Å². The molecule has 0 amide bonds. The standard InChI is InChI=1S/C12H10N2O3S/c15-12(16)8-5-17-10(14-8)4-3-9-11(7-1-2-7)13-6-18-9/h3-7H,1-2H2,(H,15,16)/b4-3+. The average molecular weight is 262 g/mol. The molecule has 2 heterocycles. The van der Waals surface area contributed by atoms with E-state index in [-0.39, 0.29) is 5.69 Å². The Morgan fingerprint density at radius 1 is 1.50 bits per heavy atom. The number of thiazole rings is 1. The van der Waals surface area contributed by atoms with E-state index in [1.54, 1.807) is 17.4 Å². The minimum Gasteiger partial charge on any atom is -0.476 e. The van der Waals surface area contributed by atoms with E-state index in [0.717, 1.165) is 16.8 Å². The first kappa shape index (κ1) is 11.2. The number of hydrogen-bond acceptors (Lipinski definition) is 5. The van der Waals surface area contributed by atoms with Crippen LogP contribution in [-0.4, -0.2) is 21.0 Å². The Bertz CT molecular complexity index is 610. The van der Waals surface area contributed by atoms with Gasteiger partial charge in [0.1, 0.15) is 6.26 Å².